The first-order valence-electron chi connectivity index (χ1n) is 4.64. The molecule has 0 spiro atoms. The Balaban J connectivity index is 2.11. The molecule has 0 fully saturated rings. The standard InChI is InChI=1S/C10H17NO2S/c1-10(11,8-12)4-6-14-7-9-3-2-5-13-9/h2-3,5,12H,4,6-8,11H2,1H3. The van der Waals surface area contributed by atoms with Gasteiger partial charge in [0.05, 0.1) is 18.6 Å². The molecule has 1 atom stereocenters. The van der Waals surface area contributed by atoms with Gasteiger partial charge in [-0.15, -0.1) is 0 Å². The fraction of sp³-hybridized carbons (Fsp3) is 0.600. The lowest BCUT2D eigenvalue weighted by molar-refractivity contribution is 0.206. The van der Waals surface area contributed by atoms with Crippen LogP contribution in [-0.4, -0.2) is 23.0 Å². The van der Waals surface area contributed by atoms with Crippen LogP contribution in [0.5, 0.6) is 0 Å². The average molecular weight is 215 g/mol. The molecule has 0 saturated carbocycles. The molecule has 0 aliphatic carbocycles. The van der Waals surface area contributed by atoms with Gasteiger partial charge >= 0.3 is 0 Å². The molecule has 1 aromatic heterocycles. The lowest BCUT2D eigenvalue weighted by Crippen LogP contribution is -2.40. The van der Waals surface area contributed by atoms with Crippen LogP contribution >= 0.6 is 11.8 Å². The number of rotatable bonds is 6. The van der Waals surface area contributed by atoms with E-state index in [-0.39, 0.29) is 6.61 Å². The van der Waals surface area contributed by atoms with Gasteiger partial charge in [0, 0.05) is 5.54 Å². The van der Waals surface area contributed by atoms with Gasteiger partial charge in [-0.1, -0.05) is 0 Å². The van der Waals surface area contributed by atoms with Crippen molar-refractivity contribution in [3.05, 3.63) is 24.2 Å². The van der Waals surface area contributed by atoms with Gasteiger partial charge in [0.1, 0.15) is 5.76 Å². The molecule has 0 saturated heterocycles. The highest BCUT2D eigenvalue weighted by Gasteiger charge is 2.15. The molecule has 0 amide bonds. The van der Waals surface area contributed by atoms with Crippen molar-refractivity contribution in [3.63, 3.8) is 0 Å². The third-order valence-corrected chi connectivity index (χ3v) is 2.98. The molecular weight excluding hydrogens is 198 g/mol. The summed E-state index contributed by atoms with van der Waals surface area (Å²) in [5.74, 6) is 2.79. The normalized spacial score (nSPS) is 15.4. The molecule has 0 aliphatic rings. The van der Waals surface area contributed by atoms with Crippen molar-refractivity contribution in [2.24, 2.45) is 5.73 Å². The lowest BCUT2D eigenvalue weighted by Gasteiger charge is -2.20. The lowest BCUT2D eigenvalue weighted by atomic mass is 10.0. The maximum Gasteiger partial charge on any atom is 0.113 e. The van der Waals surface area contributed by atoms with E-state index in [2.05, 4.69) is 0 Å². The van der Waals surface area contributed by atoms with Crippen LogP contribution < -0.4 is 5.73 Å². The number of thioether (sulfide) groups is 1. The molecule has 0 bridgehead atoms. The van der Waals surface area contributed by atoms with Gasteiger partial charge in [0.2, 0.25) is 0 Å². The molecule has 14 heavy (non-hydrogen) atoms. The molecule has 0 radical (unpaired) electrons. The summed E-state index contributed by atoms with van der Waals surface area (Å²) >= 11 is 1.77. The van der Waals surface area contributed by atoms with E-state index in [0.717, 1.165) is 23.7 Å². The van der Waals surface area contributed by atoms with Gasteiger partial charge < -0.3 is 15.3 Å². The van der Waals surface area contributed by atoms with Crippen molar-refractivity contribution in [1.29, 1.82) is 0 Å². The zero-order chi connectivity index (χ0) is 10.4. The summed E-state index contributed by atoms with van der Waals surface area (Å²) in [6, 6.07) is 3.84. The molecule has 0 aliphatic heterocycles. The molecule has 80 valence electrons. The highest BCUT2D eigenvalue weighted by molar-refractivity contribution is 7.98. The summed E-state index contributed by atoms with van der Waals surface area (Å²) in [5, 5.41) is 8.92. The predicted molar refractivity (Wildman–Crippen MR) is 59.2 cm³/mol. The fourth-order valence-electron chi connectivity index (χ4n) is 0.952. The Kier molecular flexibility index (Phi) is 4.51. The molecule has 1 aromatic rings. The van der Waals surface area contributed by atoms with Crippen molar-refractivity contribution in [1.82, 2.24) is 0 Å². The van der Waals surface area contributed by atoms with Gasteiger partial charge in [0.15, 0.2) is 0 Å². The highest BCUT2D eigenvalue weighted by atomic mass is 32.2. The van der Waals surface area contributed by atoms with Gasteiger partial charge in [-0.05, 0) is 31.2 Å². The first-order valence-corrected chi connectivity index (χ1v) is 5.79. The van der Waals surface area contributed by atoms with Crippen LogP contribution in [0.2, 0.25) is 0 Å². The third-order valence-electron chi connectivity index (χ3n) is 2.00. The minimum absolute atomic E-state index is 0.0360. The maximum atomic E-state index is 8.92. The van der Waals surface area contributed by atoms with Crippen LogP contribution in [0, 0.1) is 0 Å². The molecule has 3 N–H and O–H groups in total. The third kappa shape index (κ3) is 4.17. The van der Waals surface area contributed by atoms with Gasteiger partial charge in [-0.3, -0.25) is 0 Å². The topological polar surface area (TPSA) is 59.4 Å². The molecular formula is C10H17NO2S. The van der Waals surface area contributed by atoms with Crippen LogP contribution in [0.4, 0.5) is 0 Å². The Hall–Kier alpha value is -0.450. The van der Waals surface area contributed by atoms with E-state index in [4.69, 9.17) is 15.3 Å². The SMILES string of the molecule is CC(N)(CO)CCSCc1ccco1. The highest BCUT2D eigenvalue weighted by Crippen LogP contribution is 2.16. The van der Waals surface area contributed by atoms with Crippen molar-refractivity contribution in [2.45, 2.75) is 24.6 Å². The van der Waals surface area contributed by atoms with E-state index in [0.29, 0.717) is 0 Å². The van der Waals surface area contributed by atoms with E-state index in [1.54, 1.807) is 18.0 Å². The Morgan fingerprint density at radius 2 is 2.43 bits per heavy atom. The van der Waals surface area contributed by atoms with E-state index in [1.165, 1.54) is 0 Å². The second-order valence-corrected chi connectivity index (χ2v) is 4.80. The Morgan fingerprint density at radius 1 is 1.64 bits per heavy atom. The summed E-state index contributed by atoms with van der Waals surface area (Å²) in [6.45, 7) is 1.90. The number of hydrogen-bond donors (Lipinski definition) is 2. The Bertz CT molecular complexity index is 247. The summed E-state index contributed by atoms with van der Waals surface area (Å²) in [6.07, 6.45) is 2.49. The zero-order valence-corrected chi connectivity index (χ0v) is 9.22. The molecule has 3 nitrogen and oxygen atoms in total. The van der Waals surface area contributed by atoms with Crippen LogP contribution in [0.25, 0.3) is 0 Å². The zero-order valence-electron chi connectivity index (χ0n) is 8.40. The fourth-order valence-corrected chi connectivity index (χ4v) is 2.07. The second-order valence-electron chi connectivity index (χ2n) is 3.69. The molecule has 4 heteroatoms. The summed E-state index contributed by atoms with van der Waals surface area (Å²) in [7, 11) is 0. The van der Waals surface area contributed by atoms with Gasteiger partial charge in [-0.2, -0.15) is 11.8 Å². The van der Waals surface area contributed by atoms with E-state index < -0.39 is 5.54 Å². The molecule has 1 heterocycles. The summed E-state index contributed by atoms with van der Waals surface area (Å²) in [5.41, 5.74) is 5.34. The minimum atomic E-state index is -0.448. The number of aliphatic hydroxyl groups excluding tert-OH is 1. The first-order chi connectivity index (χ1) is 6.64. The summed E-state index contributed by atoms with van der Waals surface area (Å²) < 4.78 is 5.19. The van der Waals surface area contributed by atoms with Crippen molar-refractivity contribution in [2.75, 3.05) is 12.4 Å². The number of aliphatic hydroxyl groups is 1. The van der Waals surface area contributed by atoms with E-state index in [1.807, 2.05) is 19.1 Å². The van der Waals surface area contributed by atoms with Crippen LogP contribution in [-0.2, 0) is 5.75 Å². The summed E-state index contributed by atoms with van der Waals surface area (Å²) in [4.78, 5) is 0. The van der Waals surface area contributed by atoms with Crippen molar-refractivity contribution < 1.29 is 9.52 Å². The largest absolute Gasteiger partial charge is 0.468 e. The molecule has 0 aromatic carbocycles. The smallest absolute Gasteiger partial charge is 0.113 e. The molecule has 1 rings (SSSR count). The van der Waals surface area contributed by atoms with Crippen LogP contribution in [0.3, 0.4) is 0 Å². The molecule has 1 unspecified atom stereocenters. The predicted octanol–water partition coefficient (Wildman–Crippen LogP) is 1.61. The number of nitrogens with two attached hydrogens (primary N) is 1. The maximum absolute atomic E-state index is 8.92. The minimum Gasteiger partial charge on any atom is -0.468 e. The Labute approximate surface area is 88.7 Å². The quantitative estimate of drug-likeness (QED) is 0.708. The van der Waals surface area contributed by atoms with Crippen LogP contribution in [0.15, 0.2) is 22.8 Å². The van der Waals surface area contributed by atoms with E-state index in [9.17, 15) is 0 Å². The first kappa shape index (κ1) is 11.6. The second kappa shape index (κ2) is 5.44. The van der Waals surface area contributed by atoms with Gasteiger partial charge in [-0.25, -0.2) is 0 Å². The number of hydrogen-bond acceptors (Lipinski definition) is 4. The van der Waals surface area contributed by atoms with Crippen LogP contribution in [0.1, 0.15) is 19.1 Å². The monoisotopic (exact) mass is 215 g/mol. The van der Waals surface area contributed by atoms with Gasteiger partial charge in [0.25, 0.3) is 0 Å². The van der Waals surface area contributed by atoms with Crippen molar-refractivity contribution in [3.8, 4) is 0 Å². The Morgan fingerprint density at radius 3 is 3.00 bits per heavy atom. The number of furan rings is 1. The van der Waals surface area contributed by atoms with E-state index >= 15 is 0 Å². The average Bonchev–Trinajstić information content (AvgIpc) is 2.65. The van der Waals surface area contributed by atoms with Crippen molar-refractivity contribution >= 4 is 11.8 Å².